The predicted molar refractivity (Wildman–Crippen MR) is 102 cm³/mol. The quantitative estimate of drug-likeness (QED) is 0.210. The molecule has 0 aromatic carbocycles. The van der Waals surface area contributed by atoms with Gasteiger partial charge in [-0.05, 0) is 25.7 Å². The molecule has 0 aliphatic rings. The van der Waals surface area contributed by atoms with Crippen LogP contribution in [0.2, 0.25) is 0 Å². The molecule has 0 rings (SSSR count). The molecule has 0 aliphatic carbocycles. The third-order valence-corrected chi connectivity index (χ3v) is 5.04. The highest BCUT2D eigenvalue weighted by molar-refractivity contribution is 7.85. The minimum absolute atomic E-state index is 0.103. The summed E-state index contributed by atoms with van der Waals surface area (Å²) in [7, 11) is -3.77. The number of unbranched alkanes of at least 4 members (excludes halogenated alkanes) is 11. The molecular formula is C19H38O4S. The molecule has 5 heteroatoms. The molecule has 0 radical (unpaired) electrons. The zero-order valence-corrected chi connectivity index (χ0v) is 16.3. The van der Waals surface area contributed by atoms with Crippen LogP contribution in [0.25, 0.3) is 0 Å². The highest BCUT2D eigenvalue weighted by atomic mass is 32.2. The van der Waals surface area contributed by atoms with E-state index in [1.54, 1.807) is 0 Å². The van der Waals surface area contributed by atoms with Crippen molar-refractivity contribution in [1.82, 2.24) is 0 Å². The summed E-state index contributed by atoms with van der Waals surface area (Å²) in [5.74, 6) is -0.103. The van der Waals surface area contributed by atoms with Crippen molar-refractivity contribution < 1.29 is 18.1 Å². The minimum atomic E-state index is -3.77. The van der Waals surface area contributed by atoms with Crippen molar-refractivity contribution in [2.75, 3.05) is 5.75 Å². The number of hydrogen-bond acceptors (Lipinski definition) is 3. The molecule has 1 atom stereocenters. The van der Waals surface area contributed by atoms with Crippen molar-refractivity contribution in [2.24, 2.45) is 0 Å². The highest BCUT2D eigenvalue weighted by Gasteiger charge is 2.02. The summed E-state index contributed by atoms with van der Waals surface area (Å²) in [6, 6.07) is 0. The van der Waals surface area contributed by atoms with Gasteiger partial charge < -0.3 is 5.11 Å². The molecule has 4 nitrogen and oxygen atoms in total. The van der Waals surface area contributed by atoms with E-state index in [2.05, 4.69) is 13.0 Å². The first kappa shape index (κ1) is 23.6. The van der Waals surface area contributed by atoms with Crippen molar-refractivity contribution in [3.05, 3.63) is 12.2 Å². The minimum Gasteiger partial charge on any atom is -0.389 e. The molecule has 0 aliphatic heterocycles. The zero-order chi connectivity index (χ0) is 18.1. The second kappa shape index (κ2) is 16.1. The molecule has 0 amide bonds. The fourth-order valence-electron chi connectivity index (χ4n) is 2.74. The van der Waals surface area contributed by atoms with Gasteiger partial charge in [-0.25, -0.2) is 0 Å². The second-order valence-electron chi connectivity index (χ2n) is 6.75. The average Bonchev–Trinajstić information content (AvgIpc) is 2.51. The molecule has 0 aromatic rings. The number of hydrogen-bond donors (Lipinski definition) is 2. The van der Waals surface area contributed by atoms with Gasteiger partial charge in [0.2, 0.25) is 0 Å². The Kier molecular flexibility index (Phi) is 15.8. The monoisotopic (exact) mass is 362 g/mol. The summed E-state index contributed by atoms with van der Waals surface area (Å²) in [5.41, 5.74) is 0. The largest absolute Gasteiger partial charge is 0.389 e. The zero-order valence-electron chi connectivity index (χ0n) is 15.5. The molecule has 0 aromatic heterocycles. The van der Waals surface area contributed by atoms with E-state index in [4.69, 9.17) is 4.55 Å². The van der Waals surface area contributed by atoms with Crippen LogP contribution in [0.1, 0.15) is 96.8 Å². The Labute approximate surface area is 149 Å². The number of allylic oxidation sites excluding steroid dienone is 1. The molecule has 0 spiro atoms. The number of rotatable bonds is 17. The molecule has 144 valence electrons. The molecule has 0 heterocycles. The summed E-state index contributed by atoms with van der Waals surface area (Å²) >= 11 is 0. The lowest BCUT2D eigenvalue weighted by Crippen LogP contribution is -2.03. The first-order valence-electron chi connectivity index (χ1n) is 9.75. The van der Waals surface area contributed by atoms with Gasteiger partial charge in [0.15, 0.2) is 0 Å². The topological polar surface area (TPSA) is 74.6 Å². The SMILES string of the molecule is CCCCC[C@@H](O)C=CCCCCCCCCCCCS(=O)(=O)O. The fraction of sp³-hybridized carbons (Fsp3) is 0.895. The van der Waals surface area contributed by atoms with Gasteiger partial charge in [-0.1, -0.05) is 83.3 Å². The standard InChI is InChI=1S/C19H38O4S/c1-2-3-13-16-19(20)17-14-11-9-7-5-4-6-8-10-12-15-18-24(21,22)23/h14,17,19-20H,2-13,15-16,18H2,1H3,(H,21,22,23)/t19-/m1/s1. The lowest BCUT2D eigenvalue weighted by Gasteiger charge is -2.04. The van der Waals surface area contributed by atoms with Gasteiger partial charge in [0.1, 0.15) is 0 Å². The van der Waals surface area contributed by atoms with Crippen LogP contribution < -0.4 is 0 Å². The maximum Gasteiger partial charge on any atom is 0.264 e. The van der Waals surface area contributed by atoms with E-state index in [0.717, 1.165) is 38.5 Å². The molecular weight excluding hydrogens is 324 g/mol. The van der Waals surface area contributed by atoms with Gasteiger partial charge in [-0.15, -0.1) is 0 Å². The molecule has 24 heavy (non-hydrogen) atoms. The fourth-order valence-corrected chi connectivity index (χ4v) is 3.31. The summed E-state index contributed by atoms with van der Waals surface area (Å²) in [6.45, 7) is 2.17. The summed E-state index contributed by atoms with van der Waals surface area (Å²) in [4.78, 5) is 0. The number of aliphatic hydroxyl groups excluding tert-OH is 1. The molecule has 0 bridgehead atoms. The Morgan fingerprint density at radius 1 is 0.833 bits per heavy atom. The van der Waals surface area contributed by atoms with E-state index < -0.39 is 10.1 Å². The third-order valence-electron chi connectivity index (χ3n) is 4.23. The van der Waals surface area contributed by atoms with Crippen molar-refractivity contribution in [3.8, 4) is 0 Å². The Balaban J connectivity index is 3.25. The van der Waals surface area contributed by atoms with Crippen LogP contribution in [0.15, 0.2) is 12.2 Å². The Morgan fingerprint density at radius 3 is 1.92 bits per heavy atom. The Bertz CT molecular complexity index is 390. The predicted octanol–water partition coefficient (Wildman–Crippen LogP) is 5.27. The van der Waals surface area contributed by atoms with Crippen molar-refractivity contribution in [3.63, 3.8) is 0 Å². The van der Waals surface area contributed by atoms with Crippen LogP contribution in [0.5, 0.6) is 0 Å². The third kappa shape index (κ3) is 19.7. The average molecular weight is 363 g/mol. The van der Waals surface area contributed by atoms with Crippen LogP contribution in [0, 0.1) is 0 Å². The normalized spacial score (nSPS) is 13.6. The van der Waals surface area contributed by atoms with Crippen LogP contribution in [0.3, 0.4) is 0 Å². The van der Waals surface area contributed by atoms with E-state index in [9.17, 15) is 13.5 Å². The van der Waals surface area contributed by atoms with Crippen LogP contribution in [0.4, 0.5) is 0 Å². The maximum atomic E-state index is 10.5. The van der Waals surface area contributed by atoms with Gasteiger partial charge in [0.25, 0.3) is 10.1 Å². The van der Waals surface area contributed by atoms with Gasteiger partial charge in [-0.2, -0.15) is 8.42 Å². The van der Waals surface area contributed by atoms with Crippen molar-refractivity contribution in [1.29, 1.82) is 0 Å². The van der Waals surface area contributed by atoms with Gasteiger partial charge >= 0.3 is 0 Å². The lowest BCUT2D eigenvalue weighted by molar-refractivity contribution is 0.208. The molecule has 0 saturated carbocycles. The molecule has 0 unspecified atom stereocenters. The Hall–Kier alpha value is -0.390. The van der Waals surface area contributed by atoms with Gasteiger partial charge in [0.05, 0.1) is 11.9 Å². The van der Waals surface area contributed by atoms with Crippen LogP contribution >= 0.6 is 0 Å². The highest BCUT2D eigenvalue weighted by Crippen LogP contribution is 2.11. The lowest BCUT2D eigenvalue weighted by atomic mass is 10.1. The van der Waals surface area contributed by atoms with E-state index >= 15 is 0 Å². The smallest absolute Gasteiger partial charge is 0.264 e. The van der Waals surface area contributed by atoms with E-state index in [1.165, 1.54) is 44.9 Å². The molecule has 0 saturated heterocycles. The van der Waals surface area contributed by atoms with Gasteiger partial charge in [-0.3, -0.25) is 4.55 Å². The second-order valence-corrected chi connectivity index (χ2v) is 8.32. The van der Waals surface area contributed by atoms with Crippen molar-refractivity contribution >= 4 is 10.1 Å². The first-order valence-corrected chi connectivity index (χ1v) is 11.4. The Morgan fingerprint density at radius 2 is 1.38 bits per heavy atom. The van der Waals surface area contributed by atoms with E-state index in [-0.39, 0.29) is 11.9 Å². The van der Waals surface area contributed by atoms with Crippen molar-refractivity contribution in [2.45, 2.75) is 103 Å². The first-order chi connectivity index (χ1) is 11.5. The van der Waals surface area contributed by atoms with Gasteiger partial charge in [0, 0.05) is 0 Å². The molecule has 2 N–H and O–H groups in total. The summed E-state index contributed by atoms with van der Waals surface area (Å²) < 4.78 is 29.7. The number of aliphatic hydroxyl groups is 1. The molecule has 0 fully saturated rings. The van der Waals surface area contributed by atoms with E-state index in [0.29, 0.717) is 6.42 Å². The summed E-state index contributed by atoms with van der Waals surface area (Å²) in [5, 5.41) is 9.75. The summed E-state index contributed by atoms with van der Waals surface area (Å²) in [6.07, 6.45) is 19.0. The maximum absolute atomic E-state index is 10.5. The van der Waals surface area contributed by atoms with E-state index in [1.807, 2.05) is 6.08 Å². The van der Waals surface area contributed by atoms with Crippen LogP contribution in [-0.2, 0) is 10.1 Å². The van der Waals surface area contributed by atoms with Crippen LogP contribution in [-0.4, -0.2) is 29.9 Å².